The van der Waals surface area contributed by atoms with E-state index in [2.05, 4.69) is 19.1 Å². The standard InChI is InChI=1S/C13H19N3O/c1-10(9-14)11-3-5-12(6-4-11)16-8-7-15(2)13(16)17/h3-6,10H,7-9,14H2,1-2H3. The fraction of sp³-hybridized carbons (Fsp3) is 0.462. The van der Waals surface area contributed by atoms with Gasteiger partial charge in [-0.25, -0.2) is 4.79 Å². The van der Waals surface area contributed by atoms with Gasteiger partial charge in [0.05, 0.1) is 0 Å². The van der Waals surface area contributed by atoms with Crippen LogP contribution in [-0.2, 0) is 0 Å². The summed E-state index contributed by atoms with van der Waals surface area (Å²) >= 11 is 0. The molecular weight excluding hydrogens is 214 g/mol. The van der Waals surface area contributed by atoms with E-state index >= 15 is 0 Å². The molecule has 1 unspecified atom stereocenters. The number of nitrogens with zero attached hydrogens (tertiary/aromatic N) is 2. The van der Waals surface area contributed by atoms with Gasteiger partial charge in [0.2, 0.25) is 0 Å². The summed E-state index contributed by atoms with van der Waals surface area (Å²) in [6.45, 7) is 4.30. The topological polar surface area (TPSA) is 49.6 Å². The largest absolute Gasteiger partial charge is 0.330 e. The third kappa shape index (κ3) is 2.26. The molecule has 1 aromatic carbocycles. The monoisotopic (exact) mass is 233 g/mol. The van der Waals surface area contributed by atoms with E-state index in [-0.39, 0.29) is 6.03 Å². The molecule has 2 N–H and O–H groups in total. The number of urea groups is 1. The number of anilines is 1. The Balaban J connectivity index is 2.16. The van der Waals surface area contributed by atoms with Crippen molar-refractivity contribution in [1.82, 2.24) is 4.90 Å². The number of hydrogen-bond donors (Lipinski definition) is 1. The van der Waals surface area contributed by atoms with Crippen LogP contribution in [0.4, 0.5) is 10.5 Å². The molecule has 0 aliphatic carbocycles. The summed E-state index contributed by atoms with van der Waals surface area (Å²) in [7, 11) is 1.83. The first kappa shape index (κ1) is 11.9. The van der Waals surface area contributed by atoms with Gasteiger partial charge in [-0.2, -0.15) is 0 Å². The summed E-state index contributed by atoms with van der Waals surface area (Å²) in [5, 5.41) is 0. The van der Waals surface area contributed by atoms with E-state index in [0.717, 1.165) is 18.8 Å². The molecule has 1 fully saturated rings. The van der Waals surface area contributed by atoms with Crippen LogP contribution >= 0.6 is 0 Å². The van der Waals surface area contributed by atoms with Crippen molar-refractivity contribution in [3.63, 3.8) is 0 Å². The average Bonchev–Trinajstić information content (AvgIpc) is 2.69. The Labute approximate surface area is 102 Å². The minimum Gasteiger partial charge on any atom is -0.330 e. The van der Waals surface area contributed by atoms with E-state index in [1.807, 2.05) is 19.2 Å². The van der Waals surface area contributed by atoms with Crippen molar-refractivity contribution in [3.8, 4) is 0 Å². The average molecular weight is 233 g/mol. The van der Waals surface area contributed by atoms with Gasteiger partial charge in [0.1, 0.15) is 0 Å². The van der Waals surface area contributed by atoms with E-state index in [0.29, 0.717) is 12.5 Å². The summed E-state index contributed by atoms with van der Waals surface area (Å²) in [5.74, 6) is 0.362. The van der Waals surface area contributed by atoms with Gasteiger partial charge in [-0.1, -0.05) is 19.1 Å². The number of amides is 2. The Bertz CT molecular complexity index is 402. The molecule has 0 spiro atoms. The first-order valence-electron chi connectivity index (χ1n) is 5.96. The van der Waals surface area contributed by atoms with E-state index in [4.69, 9.17) is 5.73 Å². The van der Waals surface area contributed by atoms with E-state index < -0.39 is 0 Å². The number of carbonyl (C=O) groups is 1. The molecule has 1 saturated heterocycles. The molecule has 0 radical (unpaired) electrons. The Morgan fingerprint density at radius 2 is 1.94 bits per heavy atom. The minimum absolute atomic E-state index is 0.0737. The third-order valence-corrected chi connectivity index (χ3v) is 3.34. The van der Waals surface area contributed by atoms with Crippen LogP contribution in [0.25, 0.3) is 0 Å². The summed E-state index contributed by atoms with van der Waals surface area (Å²) in [5.41, 5.74) is 7.82. The van der Waals surface area contributed by atoms with Gasteiger partial charge in [0.25, 0.3) is 0 Å². The van der Waals surface area contributed by atoms with Crippen molar-refractivity contribution in [2.24, 2.45) is 5.73 Å². The second-order valence-corrected chi connectivity index (χ2v) is 4.58. The molecule has 0 aromatic heterocycles. The lowest BCUT2D eigenvalue weighted by Crippen LogP contribution is -2.29. The molecule has 92 valence electrons. The molecule has 1 aliphatic heterocycles. The summed E-state index contributed by atoms with van der Waals surface area (Å²) in [6, 6.07) is 8.18. The lowest BCUT2D eigenvalue weighted by Gasteiger charge is -2.17. The van der Waals surface area contributed by atoms with Gasteiger partial charge in [-0.15, -0.1) is 0 Å². The number of carbonyl (C=O) groups excluding carboxylic acids is 1. The van der Waals surface area contributed by atoms with Crippen LogP contribution in [0.1, 0.15) is 18.4 Å². The maximum atomic E-state index is 11.8. The highest BCUT2D eigenvalue weighted by molar-refractivity contribution is 5.93. The predicted molar refractivity (Wildman–Crippen MR) is 69.3 cm³/mol. The molecular formula is C13H19N3O. The molecule has 0 saturated carbocycles. The molecule has 2 rings (SSSR count). The Morgan fingerprint density at radius 3 is 2.41 bits per heavy atom. The zero-order valence-electron chi connectivity index (χ0n) is 10.4. The van der Waals surface area contributed by atoms with Gasteiger partial charge in [-0.05, 0) is 30.2 Å². The highest BCUT2D eigenvalue weighted by Gasteiger charge is 2.26. The molecule has 1 atom stereocenters. The van der Waals surface area contributed by atoms with Crippen molar-refractivity contribution in [2.45, 2.75) is 12.8 Å². The fourth-order valence-electron chi connectivity index (χ4n) is 2.01. The fourth-order valence-corrected chi connectivity index (χ4v) is 2.01. The highest BCUT2D eigenvalue weighted by atomic mass is 16.2. The maximum Gasteiger partial charge on any atom is 0.324 e. The van der Waals surface area contributed by atoms with Crippen molar-refractivity contribution in [3.05, 3.63) is 29.8 Å². The van der Waals surface area contributed by atoms with Gasteiger partial charge in [0.15, 0.2) is 0 Å². The van der Waals surface area contributed by atoms with Crippen LogP contribution in [0.3, 0.4) is 0 Å². The van der Waals surface area contributed by atoms with E-state index in [9.17, 15) is 4.79 Å². The van der Waals surface area contributed by atoms with Crippen LogP contribution in [0.15, 0.2) is 24.3 Å². The molecule has 1 aliphatic rings. The molecule has 4 heteroatoms. The number of rotatable bonds is 3. The van der Waals surface area contributed by atoms with Crippen LogP contribution in [0.5, 0.6) is 0 Å². The maximum absolute atomic E-state index is 11.8. The molecule has 1 aromatic rings. The number of benzene rings is 1. The Kier molecular flexibility index (Phi) is 3.33. The number of likely N-dealkylation sites (N-methyl/N-ethyl adjacent to an activating group) is 1. The molecule has 4 nitrogen and oxygen atoms in total. The van der Waals surface area contributed by atoms with Crippen LogP contribution in [-0.4, -0.2) is 37.6 Å². The van der Waals surface area contributed by atoms with Crippen molar-refractivity contribution >= 4 is 11.7 Å². The molecule has 2 amide bonds. The lowest BCUT2D eigenvalue weighted by atomic mass is 10.0. The van der Waals surface area contributed by atoms with Crippen molar-refractivity contribution < 1.29 is 4.79 Å². The summed E-state index contributed by atoms with van der Waals surface area (Å²) < 4.78 is 0. The smallest absolute Gasteiger partial charge is 0.324 e. The number of hydrogen-bond acceptors (Lipinski definition) is 2. The molecule has 0 bridgehead atoms. The van der Waals surface area contributed by atoms with Gasteiger partial charge < -0.3 is 10.6 Å². The van der Waals surface area contributed by atoms with Gasteiger partial charge >= 0.3 is 6.03 Å². The van der Waals surface area contributed by atoms with Crippen LogP contribution in [0, 0.1) is 0 Å². The second kappa shape index (κ2) is 4.75. The normalized spacial score (nSPS) is 17.7. The summed E-state index contributed by atoms with van der Waals surface area (Å²) in [6.07, 6.45) is 0. The van der Waals surface area contributed by atoms with Crippen molar-refractivity contribution in [2.75, 3.05) is 31.6 Å². The SMILES string of the molecule is CC(CN)c1ccc(N2CCN(C)C2=O)cc1. The van der Waals surface area contributed by atoms with Crippen LogP contribution < -0.4 is 10.6 Å². The minimum atomic E-state index is 0.0737. The highest BCUT2D eigenvalue weighted by Crippen LogP contribution is 2.22. The van der Waals surface area contributed by atoms with Crippen LogP contribution in [0.2, 0.25) is 0 Å². The first-order chi connectivity index (χ1) is 8.13. The zero-order valence-corrected chi connectivity index (χ0v) is 10.4. The van der Waals surface area contributed by atoms with E-state index in [1.54, 1.807) is 9.80 Å². The van der Waals surface area contributed by atoms with E-state index in [1.165, 1.54) is 5.56 Å². The number of nitrogens with two attached hydrogens (primary N) is 1. The summed E-state index contributed by atoms with van der Waals surface area (Å²) in [4.78, 5) is 15.3. The second-order valence-electron chi connectivity index (χ2n) is 4.58. The Morgan fingerprint density at radius 1 is 1.29 bits per heavy atom. The predicted octanol–water partition coefficient (Wildman–Crippen LogP) is 1.62. The first-order valence-corrected chi connectivity index (χ1v) is 5.96. The third-order valence-electron chi connectivity index (χ3n) is 3.34. The Hall–Kier alpha value is -1.55. The quantitative estimate of drug-likeness (QED) is 0.862. The van der Waals surface area contributed by atoms with Crippen molar-refractivity contribution in [1.29, 1.82) is 0 Å². The van der Waals surface area contributed by atoms with Gasteiger partial charge in [0, 0.05) is 25.8 Å². The lowest BCUT2D eigenvalue weighted by molar-refractivity contribution is 0.229. The van der Waals surface area contributed by atoms with Gasteiger partial charge in [-0.3, -0.25) is 4.90 Å². The molecule has 17 heavy (non-hydrogen) atoms. The molecule has 1 heterocycles. The zero-order chi connectivity index (χ0) is 12.4.